The molecule has 0 unspecified atom stereocenters. The molecule has 2 heterocycles. The highest BCUT2D eigenvalue weighted by molar-refractivity contribution is 8.13. The van der Waals surface area contributed by atoms with E-state index in [1.54, 1.807) is 23.1 Å². The molecule has 2 aliphatic rings. The van der Waals surface area contributed by atoms with Gasteiger partial charge in [-0.2, -0.15) is 0 Å². The highest BCUT2D eigenvalue weighted by Gasteiger charge is 2.41. The third-order valence-electron chi connectivity index (χ3n) is 5.13. The monoisotopic (exact) mass is 415 g/mol. The number of amides is 1. The van der Waals surface area contributed by atoms with Gasteiger partial charge < -0.3 is 0 Å². The lowest BCUT2D eigenvalue weighted by atomic mass is 10.1. The number of fused-ring (bicyclic) bond motifs is 3. The van der Waals surface area contributed by atoms with Crippen LogP contribution in [-0.2, 0) is 17.0 Å². The third-order valence-corrected chi connectivity index (χ3v) is 6.12. The Hall–Kier alpha value is -3.25. The largest absolute Gasteiger partial charge is 0.271 e. The number of carbonyl (C=O) groups excluding carboxylic acids is 1. The Morgan fingerprint density at radius 1 is 0.933 bits per heavy atom. The molecule has 5 rings (SSSR count). The van der Waals surface area contributed by atoms with Gasteiger partial charge in [-0.3, -0.25) is 9.79 Å². The fraction of sp³-hybridized carbons (Fsp3) is 0.125. The predicted molar refractivity (Wildman–Crippen MR) is 119 cm³/mol. The molecule has 0 N–H and O–H groups in total. The maximum absolute atomic E-state index is 14.1. The van der Waals surface area contributed by atoms with Crippen molar-refractivity contribution in [3.63, 3.8) is 0 Å². The number of rotatable bonds is 4. The summed E-state index contributed by atoms with van der Waals surface area (Å²) in [4.78, 5) is 24.4. The number of para-hydroxylation sites is 1. The van der Waals surface area contributed by atoms with E-state index in [-0.39, 0.29) is 11.7 Å². The first-order valence-corrected chi connectivity index (χ1v) is 10.7. The molecule has 4 nitrogen and oxygen atoms in total. The van der Waals surface area contributed by atoms with Crippen molar-refractivity contribution in [2.75, 3.05) is 0 Å². The van der Waals surface area contributed by atoms with E-state index in [0.29, 0.717) is 28.7 Å². The molecule has 1 atom stereocenters. The number of hydrogen-bond donors (Lipinski definition) is 0. The summed E-state index contributed by atoms with van der Waals surface area (Å²) >= 11 is 1.35. The molecule has 0 spiro atoms. The van der Waals surface area contributed by atoms with Crippen molar-refractivity contribution in [3.8, 4) is 0 Å². The number of hydrogen-bond acceptors (Lipinski definition) is 4. The number of amidine groups is 2. The number of halogens is 1. The summed E-state index contributed by atoms with van der Waals surface area (Å²) in [6, 6.07) is 23.7. The Morgan fingerprint density at radius 3 is 2.50 bits per heavy atom. The van der Waals surface area contributed by atoms with Crippen molar-refractivity contribution in [3.05, 3.63) is 101 Å². The Morgan fingerprint density at radius 2 is 1.67 bits per heavy atom. The molecule has 3 aromatic rings. The minimum atomic E-state index is -0.493. The molecule has 0 bridgehead atoms. The van der Waals surface area contributed by atoms with E-state index in [1.165, 1.54) is 17.8 Å². The lowest BCUT2D eigenvalue weighted by Crippen LogP contribution is -2.41. The summed E-state index contributed by atoms with van der Waals surface area (Å²) in [6.45, 7) is 0. The number of thioether (sulfide) groups is 1. The minimum Gasteiger partial charge on any atom is -0.271 e. The Kier molecular flexibility index (Phi) is 4.93. The molecule has 0 aromatic heterocycles. The molecule has 0 radical (unpaired) electrons. The molecule has 1 amide bonds. The normalized spacial score (nSPS) is 17.3. The maximum atomic E-state index is 14.1. The zero-order chi connectivity index (χ0) is 20.5. The fourth-order valence-electron chi connectivity index (χ4n) is 3.63. The van der Waals surface area contributed by atoms with E-state index in [2.05, 4.69) is 0 Å². The molecular weight excluding hydrogens is 397 g/mol. The van der Waals surface area contributed by atoms with Crippen LogP contribution in [0, 0.1) is 5.82 Å². The van der Waals surface area contributed by atoms with E-state index >= 15 is 0 Å². The van der Waals surface area contributed by atoms with E-state index in [4.69, 9.17) is 9.98 Å². The SMILES string of the molecule is O=C1[C@@H](Cc2ccccc2)N=C2c3ccccc3N=C(SCc3ccccc3F)N12. The highest BCUT2D eigenvalue weighted by Crippen LogP contribution is 2.35. The van der Waals surface area contributed by atoms with Crippen molar-refractivity contribution in [1.29, 1.82) is 0 Å². The van der Waals surface area contributed by atoms with Gasteiger partial charge in [0.25, 0.3) is 5.91 Å². The van der Waals surface area contributed by atoms with Crippen LogP contribution in [0.3, 0.4) is 0 Å². The fourth-order valence-corrected chi connectivity index (χ4v) is 4.61. The molecule has 30 heavy (non-hydrogen) atoms. The second-order valence-corrected chi connectivity index (χ2v) is 8.07. The predicted octanol–water partition coefficient (Wildman–Crippen LogP) is 4.96. The quantitative estimate of drug-likeness (QED) is 0.605. The van der Waals surface area contributed by atoms with Gasteiger partial charge in [-0.15, -0.1) is 0 Å². The van der Waals surface area contributed by atoms with Crippen molar-refractivity contribution < 1.29 is 9.18 Å². The van der Waals surface area contributed by atoms with Gasteiger partial charge in [-0.05, 0) is 29.3 Å². The van der Waals surface area contributed by atoms with Crippen LogP contribution in [0.2, 0.25) is 0 Å². The van der Waals surface area contributed by atoms with Crippen molar-refractivity contribution in [2.45, 2.75) is 18.2 Å². The summed E-state index contributed by atoms with van der Waals surface area (Å²) in [7, 11) is 0. The Balaban J connectivity index is 1.47. The van der Waals surface area contributed by atoms with Crippen LogP contribution >= 0.6 is 11.8 Å². The lowest BCUT2D eigenvalue weighted by molar-refractivity contribution is -0.124. The van der Waals surface area contributed by atoms with Crippen LogP contribution in [0.25, 0.3) is 0 Å². The molecule has 6 heteroatoms. The molecule has 148 valence electrons. The minimum absolute atomic E-state index is 0.0943. The first-order chi connectivity index (χ1) is 14.7. The second-order valence-electron chi connectivity index (χ2n) is 7.12. The average molecular weight is 415 g/mol. The van der Waals surface area contributed by atoms with E-state index in [0.717, 1.165) is 16.8 Å². The molecule has 3 aromatic carbocycles. The summed E-state index contributed by atoms with van der Waals surface area (Å²) in [5.74, 6) is 0.657. The number of aliphatic imine (C=N–C) groups is 2. The van der Waals surface area contributed by atoms with Gasteiger partial charge in [-0.1, -0.05) is 72.4 Å². The van der Waals surface area contributed by atoms with Crippen LogP contribution in [0.4, 0.5) is 10.1 Å². The summed E-state index contributed by atoms with van der Waals surface area (Å²) < 4.78 is 14.1. The van der Waals surface area contributed by atoms with Crippen LogP contribution in [0.5, 0.6) is 0 Å². The van der Waals surface area contributed by atoms with Gasteiger partial charge in [0.05, 0.1) is 5.69 Å². The van der Waals surface area contributed by atoms with Crippen LogP contribution < -0.4 is 0 Å². The van der Waals surface area contributed by atoms with Gasteiger partial charge in [0.1, 0.15) is 17.7 Å². The van der Waals surface area contributed by atoms with Crippen molar-refractivity contribution in [2.24, 2.45) is 9.98 Å². The molecule has 0 saturated heterocycles. The molecule has 0 aliphatic carbocycles. The standard InChI is InChI=1S/C24H18FN3OS/c25-19-12-6-4-10-17(19)15-30-24-27-20-13-7-5-11-18(20)22-26-21(23(29)28(22)24)14-16-8-2-1-3-9-16/h1-13,21H,14-15H2/t21-/m1/s1. The Bertz CT molecular complexity index is 1180. The zero-order valence-electron chi connectivity index (χ0n) is 16.0. The summed E-state index contributed by atoms with van der Waals surface area (Å²) in [5.41, 5.74) is 3.26. The maximum Gasteiger partial charge on any atom is 0.259 e. The zero-order valence-corrected chi connectivity index (χ0v) is 16.8. The third kappa shape index (κ3) is 3.44. The van der Waals surface area contributed by atoms with E-state index in [9.17, 15) is 9.18 Å². The van der Waals surface area contributed by atoms with Gasteiger partial charge in [0.2, 0.25) is 0 Å². The molecule has 0 fully saturated rings. The highest BCUT2D eigenvalue weighted by atomic mass is 32.2. The van der Waals surface area contributed by atoms with E-state index < -0.39 is 6.04 Å². The summed E-state index contributed by atoms with van der Waals surface area (Å²) in [5, 5.41) is 0.538. The number of benzene rings is 3. The summed E-state index contributed by atoms with van der Waals surface area (Å²) in [6.07, 6.45) is 0.535. The van der Waals surface area contributed by atoms with Gasteiger partial charge >= 0.3 is 0 Å². The number of nitrogens with zero attached hydrogens (tertiary/aromatic N) is 3. The first kappa shape index (κ1) is 18.8. The molecule has 0 saturated carbocycles. The number of carbonyl (C=O) groups is 1. The van der Waals surface area contributed by atoms with Gasteiger partial charge in [0.15, 0.2) is 5.17 Å². The van der Waals surface area contributed by atoms with E-state index in [1.807, 2.05) is 54.6 Å². The average Bonchev–Trinajstić information content (AvgIpc) is 3.10. The lowest BCUT2D eigenvalue weighted by Gasteiger charge is -2.25. The van der Waals surface area contributed by atoms with Crippen LogP contribution in [-0.4, -0.2) is 27.9 Å². The van der Waals surface area contributed by atoms with Crippen LogP contribution in [0.1, 0.15) is 16.7 Å². The van der Waals surface area contributed by atoms with Gasteiger partial charge in [0, 0.05) is 17.7 Å². The smallest absolute Gasteiger partial charge is 0.259 e. The Labute approximate surface area is 178 Å². The van der Waals surface area contributed by atoms with Crippen molar-refractivity contribution in [1.82, 2.24) is 4.90 Å². The topological polar surface area (TPSA) is 45.0 Å². The van der Waals surface area contributed by atoms with Crippen LogP contribution in [0.15, 0.2) is 88.8 Å². The second kappa shape index (κ2) is 7.88. The van der Waals surface area contributed by atoms with Gasteiger partial charge in [-0.25, -0.2) is 14.3 Å². The molecular formula is C24H18FN3OS. The first-order valence-electron chi connectivity index (χ1n) is 9.71. The van der Waals surface area contributed by atoms with Crippen molar-refractivity contribution >= 4 is 34.4 Å². The molecule has 2 aliphatic heterocycles.